The van der Waals surface area contributed by atoms with Crippen molar-refractivity contribution in [1.82, 2.24) is 0 Å². The second kappa shape index (κ2) is 6.86. The van der Waals surface area contributed by atoms with Crippen LogP contribution in [-0.4, -0.2) is 17.0 Å². The minimum absolute atomic E-state index is 0. The minimum atomic E-state index is -0.360. The Morgan fingerprint density at radius 1 is 1.17 bits per heavy atom. The topological polar surface area (TPSA) is 29.4 Å². The molecule has 0 spiro atoms. The summed E-state index contributed by atoms with van der Waals surface area (Å²) in [6.45, 7) is 5.91. The second-order valence-electron chi connectivity index (χ2n) is 6.74. The Hall–Kier alpha value is -2.00. The average Bonchev–Trinajstić information content (AvgIpc) is 2.52. The maximum absolute atomic E-state index is 13.6. The Balaban J connectivity index is 0.00000208. The molecule has 1 aliphatic heterocycles. The highest BCUT2D eigenvalue weighted by Gasteiger charge is 2.32. The van der Waals surface area contributed by atoms with Gasteiger partial charge in [0.25, 0.3) is 0 Å². The van der Waals surface area contributed by atoms with Gasteiger partial charge in [-0.3, -0.25) is 9.79 Å². The first-order valence-corrected chi connectivity index (χ1v) is 7.85. The molecule has 1 heterocycles. The van der Waals surface area contributed by atoms with Gasteiger partial charge in [0.1, 0.15) is 5.82 Å². The fraction of sp³-hybridized carbons (Fsp3) is 0.300. The molecule has 1 unspecified atom stereocenters. The van der Waals surface area contributed by atoms with Crippen LogP contribution in [0.1, 0.15) is 42.3 Å². The lowest BCUT2D eigenvalue weighted by Gasteiger charge is -2.31. The standard InChI is InChI=1S/C20H20FNO.ClH/c1-13(19(23)14-7-5-4-6-8-14)18-17-10-9-16(21)11-15(17)12-20(2,3)22-18;/h4-11,13H,12H2,1-3H3;1H. The van der Waals surface area contributed by atoms with Crippen LogP contribution in [0.15, 0.2) is 53.5 Å². The summed E-state index contributed by atoms with van der Waals surface area (Å²) in [5.41, 5.74) is 2.91. The third kappa shape index (κ3) is 3.57. The molecule has 0 aromatic heterocycles. The third-order valence-electron chi connectivity index (χ3n) is 4.25. The largest absolute Gasteiger partial charge is 0.293 e. The van der Waals surface area contributed by atoms with Crippen LogP contribution in [0.4, 0.5) is 4.39 Å². The van der Waals surface area contributed by atoms with Crippen LogP contribution >= 0.6 is 12.4 Å². The van der Waals surface area contributed by atoms with Gasteiger partial charge in [0.2, 0.25) is 0 Å². The van der Waals surface area contributed by atoms with Crippen LogP contribution in [0.5, 0.6) is 0 Å². The first-order chi connectivity index (χ1) is 10.9. The monoisotopic (exact) mass is 345 g/mol. The van der Waals surface area contributed by atoms with Gasteiger partial charge in [0, 0.05) is 5.56 Å². The van der Waals surface area contributed by atoms with E-state index in [2.05, 4.69) is 0 Å². The van der Waals surface area contributed by atoms with E-state index in [-0.39, 0.29) is 35.5 Å². The van der Waals surface area contributed by atoms with E-state index < -0.39 is 0 Å². The SMILES string of the molecule is CC(C(=O)c1ccccc1)C1=NC(C)(C)Cc2cc(F)ccc21.Cl. The fourth-order valence-corrected chi connectivity index (χ4v) is 3.16. The van der Waals surface area contributed by atoms with Gasteiger partial charge in [0.05, 0.1) is 17.2 Å². The third-order valence-corrected chi connectivity index (χ3v) is 4.25. The van der Waals surface area contributed by atoms with Crippen LogP contribution in [0, 0.1) is 11.7 Å². The summed E-state index contributed by atoms with van der Waals surface area (Å²) in [6, 6.07) is 14.0. The van der Waals surface area contributed by atoms with E-state index in [1.807, 2.05) is 51.1 Å². The van der Waals surface area contributed by atoms with Crippen LogP contribution in [0.3, 0.4) is 0 Å². The van der Waals surface area contributed by atoms with Gasteiger partial charge in [-0.2, -0.15) is 0 Å². The van der Waals surface area contributed by atoms with E-state index in [4.69, 9.17) is 4.99 Å². The number of fused-ring (bicyclic) bond motifs is 1. The van der Waals surface area contributed by atoms with Crippen LogP contribution < -0.4 is 0 Å². The molecule has 0 fully saturated rings. The van der Waals surface area contributed by atoms with Gasteiger partial charge >= 0.3 is 0 Å². The number of halogens is 2. The van der Waals surface area contributed by atoms with Crippen molar-refractivity contribution in [2.75, 3.05) is 0 Å². The number of rotatable bonds is 3. The molecule has 2 aromatic carbocycles. The van der Waals surface area contributed by atoms with Gasteiger partial charge in [-0.1, -0.05) is 30.3 Å². The number of carbonyl (C=O) groups is 1. The summed E-state index contributed by atoms with van der Waals surface area (Å²) < 4.78 is 13.6. The summed E-state index contributed by atoms with van der Waals surface area (Å²) in [5.74, 6) is -0.568. The maximum atomic E-state index is 13.6. The van der Waals surface area contributed by atoms with E-state index in [1.54, 1.807) is 12.1 Å². The number of aliphatic imine (C=N–C) groups is 1. The molecule has 0 radical (unpaired) electrons. The van der Waals surface area contributed by atoms with E-state index in [0.717, 1.165) is 16.8 Å². The molecule has 3 rings (SSSR count). The zero-order valence-electron chi connectivity index (χ0n) is 14.0. The van der Waals surface area contributed by atoms with Crippen molar-refractivity contribution in [1.29, 1.82) is 0 Å². The van der Waals surface area contributed by atoms with Crippen LogP contribution in [-0.2, 0) is 6.42 Å². The first-order valence-electron chi connectivity index (χ1n) is 7.85. The summed E-state index contributed by atoms with van der Waals surface area (Å²) in [4.78, 5) is 17.6. The number of hydrogen-bond acceptors (Lipinski definition) is 2. The van der Waals surface area contributed by atoms with Gasteiger partial charge in [-0.25, -0.2) is 4.39 Å². The highest BCUT2D eigenvalue weighted by Crippen LogP contribution is 2.30. The predicted molar refractivity (Wildman–Crippen MR) is 97.9 cm³/mol. The van der Waals surface area contributed by atoms with E-state index in [0.29, 0.717) is 12.0 Å². The number of ketones is 1. The van der Waals surface area contributed by atoms with Gasteiger partial charge in [0.15, 0.2) is 5.78 Å². The molecule has 24 heavy (non-hydrogen) atoms. The van der Waals surface area contributed by atoms with Gasteiger partial charge in [-0.15, -0.1) is 12.4 Å². The quantitative estimate of drug-likeness (QED) is 0.728. The Kier molecular flexibility index (Phi) is 5.24. The zero-order chi connectivity index (χ0) is 16.6. The Bertz CT molecular complexity index is 783. The molecule has 0 aliphatic carbocycles. The summed E-state index contributed by atoms with van der Waals surface area (Å²) >= 11 is 0. The Labute approximate surface area is 148 Å². The molecule has 1 aliphatic rings. The lowest BCUT2D eigenvalue weighted by atomic mass is 9.81. The molecule has 0 amide bonds. The van der Waals surface area contributed by atoms with Crippen LogP contribution in [0.2, 0.25) is 0 Å². The molecule has 0 N–H and O–H groups in total. The summed E-state index contributed by atoms with van der Waals surface area (Å²) in [7, 11) is 0. The molecule has 0 saturated carbocycles. The number of Topliss-reactive ketones (excluding diaryl/α,β-unsaturated/α-hetero) is 1. The van der Waals surface area contributed by atoms with Gasteiger partial charge in [-0.05, 0) is 56.5 Å². The Morgan fingerprint density at radius 2 is 1.83 bits per heavy atom. The number of nitrogens with zero attached hydrogens (tertiary/aromatic N) is 1. The molecular weight excluding hydrogens is 325 g/mol. The molecule has 126 valence electrons. The number of carbonyl (C=O) groups excluding carboxylic acids is 1. The molecule has 1 atom stereocenters. The zero-order valence-corrected chi connectivity index (χ0v) is 14.9. The molecule has 0 saturated heterocycles. The smallest absolute Gasteiger partial charge is 0.171 e. The first kappa shape index (κ1) is 18.3. The van der Waals surface area contributed by atoms with Crippen molar-refractivity contribution in [2.45, 2.75) is 32.7 Å². The van der Waals surface area contributed by atoms with Crippen molar-refractivity contribution in [3.63, 3.8) is 0 Å². The van der Waals surface area contributed by atoms with E-state index >= 15 is 0 Å². The molecular formula is C20H21ClFNO. The highest BCUT2D eigenvalue weighted by atomic mass is 35.5. The Morgan fingerprint density at radius 3 is 2.50 bits per heavy atom. The van der Waals surface area contributed by atoms with Crippen molar-refractivity contribution >= 4 is 23.9 Å². The number of benzene rings is 2. The van der Waals surface area contributed by atoms with E-state index in [1.165, 1.54) is 6.07 Å². The van der Waals surface area contributed by atoms with Gasteiger partial charge < -0.3 is 0 Å². The molecule has 2 nitrogen and oxygen atoms in total. The maximum Gasteiger partial charge on any atom is 0.171 e. The molecule has 2 aromatic rings. The number of hydrogen-bond donors (Lipinski definition) is 0. The molecule has 0 bridgehead atoms. The van der Waals surface area contributed by atoms with Crippen molar-refractivity contribution in [3.8, 4) is 0 Å². The van der Waals surface area contributed by atoms with Crippen LogP contribution in [0.25, 0.3) is 0 Å². The average molecular weight is 346 g/mol. The molecule has 4 heteroatoms. The predicted octanol–water partition coefficient (Wildman–Crippen LogP) is 4.89. The lowest BCUT2D eigenvalue weighted by Crippen LogP contribution is -2.34. The summed E-state index contributed by atoms with van der Waals surface area (Å²) in [5, 5.41) is 0. The van der Waals surface area contributed by atoms with Crippen molar-refractivity contribution in [2.24, 2.45) is 10.9 Å². The lowest BCUT2D eigenvalue weighted by molar-refractivity contribution is 0.0961. The minimum Gasteiger partial charge on any atom is -0.293 e. The highest BCUT2D eigenvalue weighted by molar-refractivity contribution is 6.18. The fourth-order valence-electron chi connectivity index (χ4n) is 3.16. The van der Waals surface area contributed by atoms with Crippen molar-refractivity contribution in [3.05, 3.63) is 71.0 Å². The van der Waals surface area contributed by atoms with E-state index in [9.17, 15) is 9.18 Å². The second-order valence-corrected chi connectivity index (χ2v) is 6.74. The summed E-state index contributed by atoms with van der Waals surface area (Å²) in [6.07, 6.45) is 0.676. The van der Waals surface area contributed by atoms with Crippen molar-refractivity contribution < 1.29 is 9.18 Å². The normalized spacial score (nSPS) is 16.4.